The quantitative estimate of drug-likeness (QED) is 0.608. The molecule has 0 atom stereocenters. The fourth-order valence-corrected chi connectivity index (χ4v) is 2.68. The van der Waals surface area contributed by atoms with E-state index in [0.717, 1.165) is 11.3 Å². The van der Waals surface area contributed by atoms with E-state index in [1.807, 2.05) is 42.5 Å². The van der Waals surface area contributed by atoms with Crippen LogP contribution in [-0.2, 0) is 11.3 Å². The Kier molecular flexibility index (Phi) is 6.41. The Morgan fingerprint density at radius 1 is 0.893 bits per heavy atom. The third kappa shape index (κ3) is 4.98. The van der Waals surface area contributed by atoms with E-state index in [1.54, 1.807) is 43.3 Å². The molecule has 0 unspecified atom stereocenters. The third-order valence-corrected chi connectivity index (χ3v) is 4.03. The first-order valence-electron chi connectivity index (χ1n) is 9.01. The highest BCUT2D eigenvalue weighted by molar-refractivity contribution is 6.05. The SMILES string of the molecule is CCOC(=O)c1cccc(NC(=O)c2ccccc2COc2ccccc2)c1. The van der Waals surface area contributed by atoms with Crippen molar-refractivity contribution in [1.82, 2.24) is 0 Å². The number of para-hydroxylation sites is 1. The van der Waals surface area contributed by atoms with Gasteiger partial charge in [-0.25, -0.2) is 4.79 Å². The maximum Gasteiger partial charge on any atom is 0.338 e. The van der Waals surface area contributed by atoms with Gasteiger partial charge in [0.1, 0.15) is 12.4 Å². The summed E-state index contributed by atoms with van der Waals surface area (Å²) in [4.78, 5) is 24.6. The first kappa shape index (κ1) is 19.2. The molecular weight excluding hydrogens is 354 g/mol. The van der Waals surface area contributed by atoms with E-state index in [2.05, 4.69) is 5.32 Å². The van der Waals surface area contributed by atoms with Gasteiger partial charge >= 0.3 is 5.97 Å². The lowest BCUT2D eigenvalue weighted by molar-refractivity contribution is 0.0526. The number of benzene rings is 3. The van der Waals surface area contributed by atoms with Crippen molar-refractivity contribution < 1.29 is 19.1 Å². The molecule has 3 aromatic rings. The topological polar surface area (TPSA) is 64.6 Å². The van der Waals surface area contributed by atoms with Crippen LogP contribution in [0.25, 0.3) is 0 Å². The Morgan fingerprint density at radius 3 is 2.43 bits per heavy atom. The summed E-state index contributed by atoms with van der Waals surface area (Å²) in [7, 11) is 0. The van der Waals surface area contributed by atoms with E-state index in [9.17, 15) is 9.59 Å². The fraction of sp³-hybridized carbons (Fsp3) is 0.130. The smallest absolute Gasteiger partial charge is 0.338 e. The average Bonchev–Trinajstić information content (AvgIpc) is 2.73. The first-order valence-corrected chi connectivity index (χ1v) is 9.01. The van der Waals surface area contributed by atoms with Gasteiger partial charge in [0, 0.05) is 16.8 Å². The molecule has 28 heavy (non-hydrogen) atoms. The molecule has 3 rings (SSSR count). The zero-order valence-corrected chi connectivity index (χ0v) is 15.6. The van der Waals surface area contributed by atoms with Crippen molar-refractivity contribution >= 4 is 17.6 Å². The highest BCUT2D eigenvalue weighted by atomic mass is 16.5. The molecule has 142 valence electrons. The van der Waals surface area contributed by atoms with Crippen molar-refractivity contribution in [1.29, 1.82) is 0 Å². The standard InChI is InChI=1S/C23H21NO4/c1-2-27-23(26)17-10-8-11-19(15-17)24-22(25)21-14-7-6-9-18(21)16-28-20-12-4-3-5-13-20/h3-15H,2,16H2,1H3,(H,24,25). The van der Waals surface area contributed by atoms with Crippen LogP contribution in [-0.4, -0.2) is 18.5 Å². The van der Waals surface area contributed by atoms with Gasteiger partial charge < -0.3 is 14.8 Å². The monoisotopic (exact) mass is 375 g/mol. The van der Waals surface area contributed by atoms with Crippen LogP contribution in [0.4, 0.5) is 5.69 Å². The molecule has 0 aromatic heterocycles. The highest BCUT2D eigenvalue weighted by Crippen LogP contribution is 2.17. The third-order valence-electron chi connectivity index (χ3n) is 4.03. The van der Waals surface area contributed by atoms with Gasteiger partial charge in [-0.3, -0.25) is 4.79 Å². The van der Waals surface area contributed by atoms with E-state index in [1.165, 1.54) is 0 Å². The molecule has 0 radical (unpaired) electrons. The molecule has 0 aliphatic carbocycles. The molecule has 1 amide bonds. The van der Waals surface area contributed by atoms with Crippen LogP contribution in [0.15, 0.2) is 78.9 Å². The predicted octanol–water partition coefficient (Wildman–Crippen LogP) is 4.69. The summed E-state index contributed by atoms with van der Waals surface area (Å²) < 4.78 is 10.8. The summed E-state index contributed by atoms with van der Waals surface area (Å²) in [6, 6.07) is 23.4. The molecule has 0 heterocycles. The van der Waals surface area contributed by atoms with Crippen molar-refractivity contribution in [2.24, 2.45) is 0 Å². The van der Waals surface area contributed by atoms with Crippen LogP contribution in [0, 0.1) is 0 Å². The first-order chi connectivity index (χ1) is 13.7. The van der Waals surface area contributed by atoms with Crippen molar-refractivity contribution in [3.05, 3.63) is 95.6 Å². The lowest BCUT2D eigenvalue weighted by atomic mass is 10.1. The molecule has 0 saturated heterocycles. The second kappa shape index (κ2) is 9.37. The van der Waals surface area contributed by atoms with Crippen molar-refractivity contribution in [2.45, 2.75) is 13.5 Å². The Hall–Kier alpha value is -3.60. The highest BCUT2D eigenvalue weighted by Gasteiger charge is 2.13. The van der Waals surface area contributed by atoms with E-state index < -0.39 is 5.97 Å². The molecule has 0 aliphatic heterocycles. The minimum atomic E-state index is -0.421. The second-order valence-electron chi connectivity index (χ2n) is 6.01. The van der Waals surface area contributed by atoms with E-state index in [4.69, 9.17) is 9.47 Å². The average molecular weight is 375 g/mol. The zero-order chi connectivity index (χ0) is 19.8. The predicted molar refractivity (Wildman–Crippen MR) is 108 cm³/mol. The maximum atomic E-state index is 12.8. The summed E-state index contributed by atoms with van der Waals surface area (Å²) in [5.41, 5.74) is 2.19. The molecule has 3 aromatic carbocycles. The number of amides is 1. The van der Waals surface area contributed by atoms with Gasteiger partial charge in [-0.1, -0.05) is 42.5 Å². The number of anilines is 1. The van der Waals surface area contributed by atoms with Gasteiger partial charge in [0.15, 0.2) is 0 Å². The van der Waals surface area contributed by atoms with Crippen molar-refractivity contribution in [3.63, 3.8) is 0 Å². The van der Waals surface area contributed by atoms with Crippen molar-refractivity contribution in [3.8, 4) is 5.75 Å². The number of carbonyl (C=O) groups is 2. The Balaban J connectivity index is 1.73. The van der Waals surface area contributed by atoms with Gasteiger partial charge in [-0.15, -0.1) is 0 Å². The largest absolute Gasteiger partial charge is 0.489 e. The lowest BCUT2D eigenvalue weighted by Gasteiger charge is -2.12. The van der Waals surface area contributed by atoms with E-state index in [0.29, 0.717) is 23.4 Å². The van der Waals surface area contributed by atoms with Gasteiger partial charge in [0.05, 0.1) is 12.2 Å². The summed E-state index contributed by atoms with van der Waals surface area (Å²) in [5, 5.41) is 2.83. The number of ether oxygens (including phenoxy) is 2. The molecule has 5 nitrogen and oxygen atoms in total. The van der Waals surface area contributed by atoms with Crippen molar-refractivity contribution in [2.75, 3.05) is 11.9 Å². The molecule has 5 heteroatoms. The summed E-state index contributed by atoms with van der Waals surface area (Å²) in [5.74, 6) is 0.0448. The Labute approximate surface area is 163 Å². The van der Waals surface area contributed by atoms with Crippen LogP contribution < -0.4 is 10.1 Å². The van der Waals surface area contributed by atoms with Gasteiger partial charge in [0.25, 0.3) is 5.91 Å². The molecule has 1 N–H and O–H groups in total. The van der Waals surface area contributed by atoms with Crippen LogP contribution >= 0.6 is 0 Å². The molecule has 0 fully saturated rings. The van der Waals surface area contributed by atoms with Crippen LogP contribution in [0.5, 0.6) is 5.75 Å². The van der Waals surface area contributed by atoms with Crippen LogP contribution in [0.1, 0.15) is 33.2 Å². The number of carbonyl (C=O) groups excluding carboxylic acids is 2. The minimum Gasteiger partial charge on any atom is -0.489 e. The Bertz CT molecular complexity index is 954. The number of hydrogen-bond donors (Lipinski definition) is 1. The van der Waals surface area contributed by atoms with E-state index >= 15 is 0 Å². The summed E-state index contributed by atoms with van der Waals surface area (Å²) in [6.07, 6.45) is 0. The Morgan fingerprint density at radius 2 is 1.64 bits per heavy atom. The molecule has 0 aliphatic rings. The van der Waals surface area contributed by atoms with Gasteiger partial charge in [-0.05, 0) is 43.3 Å². The zero-order valence-electron chi connectivity index (χ0n) is 15.6. The fourth-order valence-electron chi connectivity index (χ4n) is 2.68. The molecule has 0 bridgehead atoms. The molecule has 0 spiro atoms. The summed E-state index contributed by atoms with van der Waals surface area (Å²) in [6.45, 7) is 2.32. The number of rotatable bonds is 7. The maximum absolute atomic E-state index is 12.8. The normalized spacial score (nSPS) is 10.2. The van der Waals surface area contributed by atoms with E-state index in [-0.39, 0.29) is 12.5 Å². The molecular formula is C23H21NO4. The van der Waals surface area contributed by atoms with Gasteiger partial charge in [-0.2, -0.15) is 0 Å². The second-order valence-corrected chi connectivity index (χ2v) is 6.01. The van der Waals surface area contributed by atoms with Crippen LogP contribution in [0.3, 0.4) is 0 Å². The number of hydrogen-bond acceptors (Lipinski definition) is 4. The number of nitrogens with one attached hydrogen (secondary N) is 1. The lowest BCUT2D eigenvalue weighted by Crippen LogP contribution is -2.15. The van der Waals surface area contributed by atoms with Crippen LogP contribution in [0.2, 0.25) is 0 Å². The minimum absolute atomic E-state index is 0.270. The summed E-state index contributed by atoms with van der Waals surface area (Å²) >= 11 is 0. The molecule has 0 saturated carbocycles. The van der Waals surface area contributed by atoms with Gasteiger partial charge in [0.2, 0.25) is 0 Å². The number of esters is 1.